The van der Waals surface area contributed by atoms with E-state index in [4.69, 9.17) is 5.73 Å². The second kappa shape index (κ2) is 3.98. The van der Waals surface area contributed by atoms with Crippen LogP contribution in [0.5, 0.6) is 0 Å². The lowest BCUT2D eigenvalue weighted by molar-refractivity contribution is 0.151. The summed E-state index contributed by atoms with van der Waals surface area (Å²) >= 11 is 1.57. The molecule has 0 aliphatic heterocycles. The molecule has 1 aromatic rings. The highest BCUT2D eigenvalue weighted by atomic mass is 32.1. The quantitative estimate of drug-likeness (QED) is 0.730. The van der Waals surface area contributed by atoms with Gasteiger partial charge in [0.05, 0.1) is 11.1 Å². The van der Waals surface area contributed by atoms with E-state index < -0.39 is 6.10 Å². The van der Waals surface area contributed by atoms with E-state index in [0.717, 1.165) is 10.7 Å². The Morgan fingerprint density at radius 3 is 2.83 bits per heavy atom. The molecule has 0 saturated heterocycles. The highest BCUT2D eigenvalue weighted by Crippen LogP contribution is 2.11. The Morgan fingerprint density at radius 2 is 2.42 bits per heavy atom. The molecule has 0 aliphatic rings. The predicted octanol–water partition coefficient (Wildman–Crippen LogP) is 0.702. The van der Waals surface area contributed by atoms with Crippen LogP contribution in [0.2, 0.25) is 0 Å². The average molecular weight is 186 g/mol. The molecule has 0 spiro atoms. The van der Waals surface area contributed by atoms with Gasteiger partial charge in [-0.2, -0.15) is 0 Å². The lowest BCUT2D eigenvalue weighted by Gasteiger charge is -2.11. The Hall–Kier alpha value is -0.450. The van der Waals surface area contributed by atoms with Gasteiger partial charge < -0.3 is 10.8 Å². The summed E-state index contributed by atoms with van der Waals surface area (Å²) in [4.78, 5) is 4.24. The standard InChI is InChI=1S/C8H14N2OS/c1-5-4-12-8(10-5)3-7(11)6(2)9/h4,6-7,11H,3,9H2,1-2H3/t6-,7?/m1/s1. The molecule has 1 aromatic heterocycles. The molecule has 0 bridgehead atoms. The van der Waals surface area contributed by atoms with Crippen molar-refractivity contribution in [2.75, 3.05) is 0 Å². The van der Waals surface area contributed by atoms with Crippen molar-refractivity contribution in [2.24, 2.45) is 5.73 Å². The van der Waals surface area contributed by atoms with Gasteiger partial charge in [0.25, 0.3) is 0 Å². The third kappa shape index (κ3) is 2.55. The Labute approximate surface area is 76.3 Å². The molecule has 68 valence electrons. The molecule has 1 rings (SSSR count). The maximum atomic E-state index is 9.43. The molecule has 3 N–H and O–H groups in total. The van der Waals surface area contributed by atoms with Crippen molar-refractivity contribution >= 4 is 11.3 Å². The first-order valence-electron chi connectivity index (χ1n) is 3.94. The number of hydrogen-bond donors (Lipinski definition) is 2. The monoisotopic (exact) mass is 186 g/mol. The zero-order chi connectivity index (χ0) is 9.14. The van der Waals surface area contributed by atoms with E-state index in [9.17, 15) is 5.11 Å². The van der Waals surface area contributed by atoms with Crippen molar-refractivity contribution in [1.82, 2.24) is 4.98 Å². The van der Waals surface area contributed by atoms with Gasteiger partial charge in [-0.3, -0.25) is 0 Å². The fourth-order valence-corrected chi connectivity index (χ4v) is 1.68. The van der Waals surface area contributed by atoms with Gasteiger partial charge in [-0.1, -0.05) is 0 Å². The summed E-state index contributed by atoms with van der Waals surface area (Å²) in [5.74, 6) is 0. The van der Waals surface area contributed by atoms with Crippen LogP contribution in [0.25, 0.3) is 0 Å². The first-order valence-corrected chi connectivity index (χ1v) is 4.82. The fraction of sp³-hybridized carbons (Fsp3) is 0.625. The number of nitrogens with two attached hydrogens (primary N) is 1. The zero-order valence-corrected chi connectivity index (χ0v) is 8.14. The van der Waals surface area contributed by atoms with Gasteiger partial charge in [-0.25, -0.2) is 4.98 Å². The fourth-order valence-electron chi connectivity index (χ4n) is 0.861. The molecule has 0 saturated carbocycles. The maximum absolute atomic E-state index is 9.43. The molecular weight excluding hydrogens is 172 g/mol. The molecule has 12 heavy (non-hydrogen) atoms. The van der Waals surface area contributed by atoms with Crippen molar-refractivity contribution < 1.29 is 5.11 Å². The van der Waals surface area contributed by atoms with Crippen LogP contribution in [-0.4, -0.2) is 22.2 Å². The van der Waals surface area contributed by atoms with E-state index >= 15 is 0 Å². The van der Waals surface area contributed by atoms with Gasteiger partial charge in [0.2, 0.25) is 0 Å². The summed E-state index contributed by atoms with van der Waals surface area (Å²) in [6.07, 6.45) is 0.0893. The number of hydrogen-bond acceptors (Lipinski definition) is 4. The van der Waals surface area contributed by atoms with Crippen LogP contribution in [0.1, 0.15) is 17.6 Å². The number of aliphatic hydroxyl groups is 1. The predicted molar refractivity (Wildman–Crippen MR) is 50.2 cm³/mol. The minimum absolute atomic E-state index is 0.186. The molecule has 0 amide bonds. The summed E-state index contributed by atoms with van der Waals surface area (Å²) in [6, 6.07) is -0.186. The third-order valence-electron chi connectivity index (χ3n) is 1.66. The Kier molecular flexibility index (Phi) is 3.20. The molecule has 4 heteroatoms. The van der Waals surface area contributed by atoms with Gasteiger partial charge in [-0.15, -0.1) is 11.3 Å². The first kappa shape index (κ1) is 9.64. The summed E-state index contributed by atoms with van der Waals surface area (Å²) in [5.41, 5.74) is 6.52. The van der Waals surface area contributed by atoms with Crippen molar-refractivity contribution in [3.63, 3.8) is 0 Å². The molecule has 0 radical (unpaired) electrons. The number of thiazole rings is 1. The molecule has 1 unspecified atom stereocenters. The van der Waals surface area contributed by atoms with Crippen molar-refractivity contribution in [3.8, 4) is 0 Å². The number of aliphatic hydroxyl groups excluding tert-OH is 1. The van der Waals surface area contributed by atoms with E-state index in [1.165, 1.54) is 0 Å². The van der Waals surface area contributed by atoms with Gasteiger partial charge in [0.1, 0.15) is 0 Å². The van der Waals surface area contributed by atoms with Crippen LogP contribution >= 0.6 is 11.3 Å². The van der Waals surface area contributed by atoms with Gasteiger partial charge in [0, 0.05) is 23.5 Å². The van der Waals surface area contributed by atoms with E-state index in [-0.39, 0.29) is 6.04 Å². The van der Waals surface area contributed by atoms with Gasteiger partial charge in [0.15, 0.2) is 0 Å². The number of aryl methyl sites for hydroxylation is 1. The Balaban J connectivity index is 2.52. The smallest absolute Gasteiger partial charge is 0.0954 e. The van der Waals surface area contributed by atoms with Crippen LogP contribution in [0, 0.1) is 6.92 Å². The van der Waals surface area contributed by atoms with Crippen LogP contribution in [0.3, 0.4) is 0 Å². The van der Waals surface area contributed by atoms with E-state index in [2.05, 4.69) is 4.98 Å². The van der Waals surface area contributed by atoms with Crippen molar-refractivity contribution in [2.45, 2.75) is 32.4 Å². The van der Waals surface area contributed by atoms with Crippen LogP contribution in [0.15, 0.2) is 5.38 Å². The number of nitrogens with zero attached hydrogens (tertiary/aromatic N) is 1. The molecule has 3 nitrogen and oxygen atoms in total. The molecule has 0 aromatic carbocycles. The van der Waals surface area contributed by atoms with Crippen LogP contribution in [-0.2, 0) is 6.42 Å². The second-order valence-electron chi connectivity index (χ2n) is 3.01. The largest absolute Gasteiger partial charge is 0.391 e. The van der Waals surface area contributed by atoms with Crippen molar-refractivity contribution in [1.29, 1.82) is 0 Å². The summed E-state index contributed by atoms with van der Waals surface area (Å²) in [5, 5.41) is 12.4. The topological polar surface area (TPSA) is 59.1 Å². The second-order valence-corrected chi connectivity index (χ2v) is 3.96. The summed E-state index contributed by atoms with van der Waals surface area (Å²) in [7, 11) is 0. The first-order chi connectivity index (χ1) is 5.59. The highest BCUT2D eigenvalue weighted by Gasteiger charge is 2.11. The Bertz CT molecular complexity index is 247. The normalized spacial score (nSPS) is 16.0. The molecule has 0 aliphatic carbocycles. The van der Waals surface area contributed by atoms with Crippen molar-refractivity contribution in [3.05, 3.63) is 16.1 Å². The molecule has 2 atom stereocenters. The maximum Gasteiger partial charge on any atom is 0.0954 e. The lowest BCUT2D eigenvalue weighted by atomic mass is 10.1. The van der Waals surface area contributed by atoms with Crippen LogP contribution < -0.4 is 5.73 Å². The lowest BCUT2D eigenvalue weighted by Crippen LogP contribution is -2.32. The molecule has 0 fully saturated rings. The zero-order valence-electron chi connectivity index (χ0n) is 7.32. The summed E-state index contributed by atoms with van der Waals surface area (Å²) < 4.78 is 0. The van der Waals surface area contributed by atoms with Crippen LogP contribution in [0.4, 0.5) is 0 Å². The number of aromatic nitrogens is 1. The minimum atomic E-state index is -0.476. The third-order valence-corrected chi connectivity index (χ3v) is 2.65. The molecule has 1 heterocycles. The molecular formula is C8H14N2OS. The van der Waals surface area contributed by atoms with E-state index in [1.807, 2.05) is 12.3 Å². The highest BCUT2D eigenvalue weighted by molar-refractivity contribution is 7.09. The van der Waals surface area contributed by atoms with Gasteiger partial charge >= 0.3 is 0 Å². The van der Waals surface area contributed by atoms with E-state index in [1.54, 1.807) is 18.3 Å². The summed E-state index contributed by atoms with van der Waals surface area (Å²) in [6.45, 7) is 3.74. The average Bonchev–Trinajstić information content (AvgIpc) is 2.35. The van der Waals surface area contributed by atoms with E-state index in [0.29, 0.717) is 6.42 Å². The SMILES string of the molecule is Cc1csc(CC(O)[C@@H](C)N)n1. The van der Waals surface area contributed by atoms with Gasteiger partial charge in [-0.05, 0) is 13.8 Å². The minimum Gasteiger partial charge on any atom is -0.391 e. The number of rotatable bonds is 3. The Morgan fingerprint density at radius 1 is 1.75 bits per heavy atom.